The molecular formula is C30H34N4O3. The molecule has 0 saturated carbocycles. The third-order valence-electron chi connectivity index (χ3n) is 6.76. The summed E-state index contributed by atoms with van der Waals surface area (Å²) in [6, 6.07) is 26.0. The Bertz CT molecular complexity index is 1260. The normalized spacial score (nSPS) is 16.1. The number of rotatable bonds is 8. The summed E-state index contributed by atoms with van der Waals surface area (Å²) in [5, 5.41) is 17.7. The molecule has 192 valence electrons. The second kappa shape index (κ2) is 11.9. The van der Waals surface area contributed by atoms with Gasteiger partial charge in [0.15, 0.2) is 6.10 Å². The molecule has 3 aromatic carbocycles. The topological polar surface area (TPSA) is 94.5 Å². The van der Waals surface area contributed by atoms with Gasteiger partial charge in [-0.1, -0.05) is 74.5 Å². The van der Waals surface area contributed by atoms with Crippen LogP contribution in [0.4, 0.5) is 10.5 Å². The molecule has 0 bridgehead atoms. The first-order chi connectivity index (χ1) is 17.9. The lowest BCUT2D eigenvalue weighted by atomic mass is 9.88. The van der Waals surface area contributed by atoms with E-state index in [0.29, 0.717) is 38.0 Å². The molecule has 1 fully saturated rings. The summed E-state index contributed by atoms with van der Waals surface area (Å²) >= 11 is 0. The molecule has 0 aromatic heterocycles. The van der Waals surface area contributed by atoms with E-state index >= 15 is 0 Å². The van der Waals surface area contributed by atoms with E-state index < -0.39 is 23.6 Å². The Morgan fingerprint density at radius 3 is 2.35 bits per heavy atom. The molecule has 7 heteroatoms. The van der Waals surface area contributed by atoms with Crippen LogP contribution in [0.15, 0.2) is 72.8 Å². The molecule has 0 radical (unpaired) electrons. The van der Waals surface area contributed by atoms with E-state index in [4.69, 9.17) is 4.74 Å². The Labute approximate surface area is 218 Å². The number of fused-ring (bicyclic) bond motifs is 1. The van der Waals surface area contributed by atoms with Gasteiger partial charge in [0, 0.05) is 25.3 Å². The van der Waals surface area contributed by atoms with Gasteiger partial charge >= 0.3 is 6.09 Å². The van der Waals surface area contributed by atoms with Gasteiger partial charge in [0.1, 0.15) is 5.54 Å². The standard InChI is InChI=1S/C30H34N4O3/c1-22(2)18-27(37-29(36)32-26-13-12-24-10-6-7-11-25(24)19-26)28(35)33-30(21-31)14-16-34(17-15-30)20-23-8-4-3-5-9-23/h3-13,19,22,27H,14-18,20H2,1-2H3,(H,32,36)(H,33,35). The van der Waals surface area contributed by atoms with Gasteiger partial charge < -0.3 is 10.1 Å². The number of anilines is 1. The number of nitriles is 1. The molecule has 7 nitrogen and oxygen atoms in total. The number of hydrogen-bond donors (Lipinski definition) is 2. The summed E-state index contributed by atoms with van der Waals surface area (Å²) in [6.45, 7) is 6.13. The molecule has 1 heterocycles. The molecule has 1 aliphatic rings. The van der Waals surface area contributed by atoms with Gasteiger partial charge in [0.05, 0.1) is 6.07 Å². The van der Waals surface area contributed by atoms with Crippen LogP contribution >= 0.6 is 0 Å². The van der Waals surface area contributed by atoms with Crippen molar-refractivity contribution in [2.45, 2.75) is 51.3 Å². The van der Waals surface area contributed by atoms with Gasteiger partial charge in [0.2, 0.25) is 0 Å². The Balaban J connectivity index is 1.36. The summed E-state index contributed by atoms with van der Waals surface area (Å²) in [5.74, 6) is -0.310. The number of nitrogens with one attached hydrogen (secondary N) is 2. The predicted octanol–water partition coefficient (Wildman–Crippen LogP) is 5.48. The van der Waals surface area contributed by atoms with Gasteiger partial charge in [-0.3, -0.25) is 15.0 Å². The monoisotopic (exact) mass is 498 g/mol. The first-order valence-electron chi connectivity index (χ1n) is 12.8. The fourth-order valence-electron chi connectivity index (χ4n) is 4.70. The smallest absolute Gasteiger partial charge is 0.412 e. The highest BCUT2D eigenvalue weighted by molar-refractivity contribution is 5.92. The van der Waals surface area contributed by atoms with Crippen molar-refractivity contribution in [3.05, 3.63) is 78.4 Å². The fourth-order valence-corrected chi connectivity index (χ4v) is 4.70. The second-order valence-corrected chi connectivity index (χ2v) is 10.2. The molecular weight excluding hydrogens is 464 g/mol. The minimum absolute atomic E-state index is 0.120. The number of benzene rings is 3. The first-order valence-corrected chi connectivity index (χ1v) is 12.8. The van der Waals surface area contributed by atoms with Crippen molar-refractivity contribution >= 4 is 28.5 Å². The van der Waals surface area contributed by atoms with Gasteiger partial charge in [-0.15, -0.1) is 0 Å². The minimum Gasteiger partial charge on any atom is -0.436 e. The minimum atomic E-state index is -0.993. The zero-order valence-electron chi connectivity index (χ0n) is 21.4. The molecule has 0 spiro atoms. The number of nitrogens with zero attached hydrogens (tertiary/aromatic N) is 2. The molecule has 1 unspecified atom stereocenters. The van der Waals surface area contributed by atoms with E-state index in [1.807, 2.05) is 68.4 Å². The third-order valence-corrected chi connectivity index (χ3v) is 6.76. The maximum Gasteiger partial charge on any atom is 0.412 e. The number of ether oxygens (including phenoxy) is 1. The van der Waals surface area contributed by atoms with Gasteiger partial charge in [-0.2, -0.15) is 5.26 Å². The predicted molar refractivity (Wildman–Crippen MR) is 145 cm³/mol. The fraction of sp³-hybridized carbons (Fsp3) is 0.367. The number of piperidine rings is 1. The second-order valence-electron chi connectivity index (χ2n) is 10.2. The van der Waals surface area contributed by atoms with E-state index in [0.717, 1.165) is 17.3 Å². The molecule has 37 heavy (non-hydrogen) atoms. The molecule has 3 aromatic rings. The first kappa shape index (κ1) is 26.2. The third kappa shape index (κ3) is 7.08. The number of carbonyl (C=O) groups excluding carboxylic acids is 2. The van der Waals surface area contributed by atoms with Crippen molar-refractivity contribution < 1.29 is 14.3 Å². The zero-order valence-corrected chi connectivity index (χ0v) is 21.4. The lowest BCUT2D eigenvalue weighted by molar-refractivity contribution is -0.132. The molecule has 2 amide bonds. The number of carbonyl (C=O) groups is 2. The van der Waals surface area contributed by atoms with Crippen LogP contribution in [0.25, 0.3) is 10.8 Å². The van der Waals surface area contributed by atoms with Crippen LogP contribution in [0.5, 0.6) is 0 Å². The maximum atomic E-state index is 13.3. The SMILES string of the molecule is CC(C)CC(OC(=O)Nc1ccc2ccccc2c1)C(=O)NC1(C#N)CCN(Cc2ccccc2)CC1. The van der Waals surface area contributed by atoms with E-state index in [2.05, 4.69) is 33.7 Å². The lowest BCUT2D eigenvalue weighted by Gasteiger charge is -2.38. The highest BCUT2D eigenvalue weighted by atomic mass is 16.6. The summed E-state index contributed by atoms with van der Waals surface area (Å²) in [7, 11) is 0. The number of amides is 2. The average molecular weight is 499 g/mol. The van der Waals surface area contributed by atoms with Crippen molar-refractivity contribution in [1.82, 2.24) is 10.2 Å². The summed E-state index contributed by atoms with van der Waals surface area (Å²) < 4.78 is 5.59. The largest absolute Gasteiger partial charge is 0.436 e. The van der Waals surface area contributed by atoms with E-state index in [9.17, 15) is 14.9 Å². The van der Waals surface area contributed by atoms with Crippen molar-refractivity contribution in [3.8, 4) is 6.07 Å². The van der Waals surface area contributed by atoms with Crippen LogP contribution < -0.4 is 10.6 Å². The van der Waals surface area contributed by atoms with Crippen LogP contribution in [0.2, 0.25) is 0 Å². The molecule has 1 aliphatic heterocycles. The van der Waals surface area contributed by atoms with Gasteiger partial charge in [0.25, 0.3) is 5.91 Å². The van der Waals surface area contributed by atoms with Crippen LogP contribution in [0.3, 0.4) is 0 Å². The Hall–Kier alpha value is -3.89. The summed E-state index contributed by atoms with van der Waals surface area (Å²) in [4.78, 5) is 28.3. The summed E-state index contributed by atoms with van der Waals surface area (Å²) in [5.41, 5.74) is 0.836. The highest BCUT2D eigenvalue weighted by Crippen LogP contribution is 2.24. The average Bonchev–Trinajstić information content (AvgIpc) is 2.90. The molecule has 1 atom stereocenters. The zero-order chi connectivity index (χ0) is 26.3. The molecule has 1 saturated heterocycles. The van der Waals surface area contributed by atoms with Gasteiger partial charge in [-0.25, -0.2) is 4.79 Å². The van der Waals surface area contributed by atoms with Crippen molar-refractivity contribution in [2.24, 2.45) is 5.92 Å². The Morgan fingerprint density at radius 1 is 1.00 bits per heavy atom. The Kier molecular flexibility index (Phi) is 8.42. The van der Waals surface area contributed by atoms with Crippen molar-refractivity contribution in [3.63, 3.8) is 0 Å². The molecule has 2 N–H and O–H groups in total. The number of hydrogen-bond acceptors (Lipinski definition) is 5. The number of likely N-dealkylation sites (tertiary alicyclic amines) is 1. The summed E-state index contributed by atoms with van der Waals surface area (Å²) in [6.07, 6.45) is -0.300. The van der Waals surface area contributed by atoms with Crippen LogP contribution in [0, 0.1) is 17.2 Å². The molecule has 4 rings (SSSR count). The quantitative estimate of drug-likeness (QED) is 0.429. The maximum absolute atomic E-state index is 13.3. The van der Waals surface area contributed by atoms with Gasteiger partial charge in [-0.05, 0) is 53.6 Å². The Morgan fingerprint density at radius 2 is 1.68 bits per heavy atom. The van der Waals surface area contributed by atoms with E-state index in [1.165, 1.54) is 5.56 Å². The van der Waals surface area contributed by atoms with E-state index in [1.54, 1.807) is 6.07 Å². The highest BCUT2D eigenvalue weighted by Gasteiger charge is 2.38. The lowest BCUT2D eigenvalue weighted by Crippen LogP contribution is -2.57. The van der Waals surface area contributed by atoms with E-state index in [-0.39, 0.29) is 5.92 Å². The molecule has 0 aliphatic carbocycles. The van der Waals surface area contributed by atoms with Crippen LogP contribution in [-0.2, 0) is 16.1 Å². The van der Waals surface area contributed by atoms with Crippen LogP contribution in [-0.4, -0.2) is 41.6 Å². The van der Waals surface area contributed by atoms with Crippen LogP contribution in [0.1, 0.15) is 38.7 Å². The van der Waals surface area contributed by atoms with Crippen molar-refractivity contribution in [2.75, 3.05) is 18.4 Å². The van der Waals surface area contributed by atoms with Crippen molar-refractivity contribution in [1.29, 1.82) is 5.26 Å².